The van der Waals surface area contributed by atoms with Crippen molar-refractivity contribution in [2.75, 3.05) is 0 Å². The fourth-order valence-corrected chi connectivity index (χ4v) is 3.71. The van der Waals surface area contributed by atoms with Crippen LogP contribution in [-0.2, 0) is 0 Å². The van der Waals surface area contributed by atoms with Crippen molar-refractivity contribution in [3.8, 4) is 16.9 Å². The Hall–Kier alpha value is -4.06. The summed E-state index contributed by atoms with van der Waals surface area (Å²) in [6.45, 7) is 0. The number of para-hydroxylation sites is 1. The van der Waals surface area contributed by atoms with Crippen molar-refractivity contribution < 1.29 is 0 Å². The van der Waals surface area contributed by atoms with E-state index >= 15 is 0 Å². The molecule has 0 spiro atoms. The van der Waals surface area contributed by atoms with Crippen molar-refractivity contribution in [1.82, 2.24) is 24.1 Å². The van der Waals surface area contributed by atoms with E-state index in [9.17, 15) is 4.79 Å². The van der Waals surface area contributed by atoms with Gasteiger partial charge in [-0.2, -0.15) is 4.68 Å². The SMILES string of the molecule is O=c1n(-c2ccc3c[nH]cc3c2)nc2cc(-c3cc4ccccc4[nH]3)ccn12. The van der Waals surface area contributed by atoms with Crippen molar-refractivity contribution in [2.45, 2.75) is 0 Å². The monoisotopic (exact) mass is 365 g/mol. The Kier molecular flexibility index (Phi) is 2.94. The molecule has 0 fully saturated rings. The standard InChI is InChI=1S/C22H15N5O/c28-22-26-8-7-15(20-10-14-3-1-2-4-19(14)24-20)11-21(26)25-27(22)18-6-5-16-12-23-13-17(16)9-18/h1-13,23-24H. The van der Waals surface area contributed by atoms with E-state index in [1.54, 1.807) is 10.6 Å². The summed E-state index contributed by atoms with van der Waals surface area (Å²) in [6.07, 6.45) is 5.61. The molecule has 0 aliphatic heterocycles. The van der Waals surface area contributed by atoms with E-state index in [-0.39, 0.29) is 5.69 Å². The van der Waals surface area contributed by atoms with Gasteiger partial charge in [0.2, 0.25) is 0 Å². The number of hydrogen-bond acceptors (Lipinski definition) is 2. The lowest BCUT2D eigenvalue weighted by molar-refractivity contribution is 0.840. The number of rotatable bonds is 2. The summed E-state index contributed by atoms with van der Waals surface area (Å²) in [5, 5.41) is 7.85. The summed E-state index contributed by atoms with van der Waals surface area (Å²) < 4.78 is 3.00. The molecular formula is C22H15N5O. The van der Waals surface area contributed by atoms with E-state index in [0.29, 0.717) is 5.65 Å². The molecule has 134 valence electrons. The van der Waals surface area contributed by atoms with E-state index in [4.69, 9.17) is 0 Å². The quantitative estimate of drug-likeness (QED) is 0.485. The van der Waals surface area contributed by atoms with E-state index < -0.39 is 0 Å². The van der Waals surface area contributed by atoms with Gasteiger partial charge in [0.05, 0.1) is 5.69 Å². The maximum atomic E-state index is 12.8. The maximum Gasteiger partial charge on any atom is 0.355 e. The fourth-order valence-electron chi connectivity index (χ4n) is 3.71. The number of aromatic amines is 2. The molecule has 2 aromatic carbocycles. The third-order valence-corrected chi connectivity index (χ3v) is 5.16. The number of nitrogens with zero attached hydrogens (tertiary/aromatic N) is 3. The van der Waals surface area contributed by atoms with Gasteiger partial charge in [-0.25, -0.2) is 9.20 Å². The predicted octanol–water partition coefficient (Wildman–Crippen LogP) is 4.11. The first-order chi connectivity index (χ1) is 13.8. The Morgan fingerprint density at radius 3 is 2.68 bits per heavy atom. The van der Waals surface area contributed by atoms with Gasteiger partial charge in [-0.15, -0.1) is 5.10 Å². The van der Waals surface area contributed by atoms with Gasteiger partial charge in [-0.05, 0) is 41.8 Å². The zero-order chi connectivity index (χ0) is 18.7. The number of fused-ring (bicyclic) bond motifs is 3. The lowest BCUT2D eigenvalue weighted by atomic mass is 10.2. The molecule has 6 rings (SSSR count). The molecular weight excluding hydrogens is 350 g/mol. The molecule has 28 heavy (non-hydrogen) atoms. The van der Waals surface area contributed by atoms with Gasteiger partial charge in [0, 0.05) is 46.1 Å². The summed E-state index contributed by atoms with van der Waals surface area (Å²) in [5.41, 5.74) is 4.23. The Morgan fingerprint density at radius 1 is 0.857 bits per heavy atom. The van der Waals surface area contributed by atoms with Crippen molar-refractivity contribution in [2.24, 2.45) is 0 Å². The molecule has 0 aliphatic rings. The molecule has 0 aliphatic carbocycles. The summed E-state index contributed by atoms with van der Waals surface area (Å²) >= 11 is 0. The Balaban J connectivity index is 1.51. The number of hydrogen-bond donors (Lipinski definition) is 2. The Labute approximate surface area is 158 Å². The molecule has 6 aromatic rings. The summed E-state index contributed by atoms with van der Waals surface area (Å²) in [7, 11) is 0. The molecule has 0 saturated heterocycles. The second kappa shape index (κ2) is 5.47. The van der Waals surface area contributed by atoms with E-state index in [0.717, 1.165) is 38.6 Å². The van der Waals surface area contributed by atoms with Crippen LogP contribution in [0.15, 0.2) is 84.0 Å². The van der Waals surface area contributed by atoms with Crippen LogP contribution in [0.4, 0.5) is 0 Å². The summed E-state index contributed by atoms with van der Waals surface area (Å²) in [6, 6.07) is 20.0. The third kappa shape index (κ3) is 2.15. The lowest BCUT2D eigenvalue weighted by Gasteiger charge is -1.98. The first-order valence-corrected chi connectivity index (χ1v) is 9.03. The number of benzene rings is 2. The van der Waals surface area contributed by atoms with Gasteiger partial charge >= 0.3 is 5.69 Å². The molecule has 4 aromatic heterocycles. The van der Waals surface area contributed by atoms with Gasteiger partial charge in [0.15, 0.2) is 5.65 Å². The lowest BCUT2D eigenvalue weighted by Crippen LogP contribution is -2.19. The van der Waals surface area contributed by atoms with Crippen molar-refractivity contribution in [3.05, 3.63) is 89.7 Å². The van der Waals surface area contributed by atoms with Crippen LogP contribution in [0, 0.1) is 0 Å². The van der Waals surface area contributed by atoms with Crippen LogP contribution in [0.25, 0.3) is 44.3 Å². The predicted molar refractivity (Wildman–Crippen MR) is 110 cm³/mol. The van der Waals surface area contributed by atoms with Gasteiger partial charge in [0.25, 0.3) is 0 Å². The first kappa shape index (κ1) is 15.0. The van der Waals surface area contributed by atoms with E-state index in [1.807, 2.05) is 60.9 Å². The number of H-pyrrole nitrogens is 2. The van der Waals surface area contributed by atoms with Crippen molar-refractivity contribution in [3.63, 3.8) is 0 Å². The smallest absolute Gasteiger partial charge is 0.355 e. The van der Waals surface area contributed by atoms with Gasteiger partial charge in [-0.3, -0.25) is 0 Å². The molecule has 0 amide bonds. The number of nitrogens with one attached hydrogen (secondary N) is 2. The van der Waals surface area contributed by atoms with Crippen molar-refractivity contribution >= 4 is 27.3 Å². The van der Waals surface area contributed by atoms with Crippen LogP contribution in [0.2, 0.25) is 0 Å². The normalized spacial score (nSPS) is 11.7. The van der Waals surface area contributed by atoms with Gasteiger partial charge < -0.3 is 9.97 Å². The topological polar surface area (TPSA) is 70.9 Å². The van der Waals surface area contributed by atoms with E-state index in [1.165, 1.54) is 4.68 Å². The third-order valence-electron chi connectivity index (χ3n) is 5.16. The molecule has 6 heteroatoms. The van der Waals surface area contributed by atoms with Crippen molar-refractivity contribution in [1.29, 1.82) is 0 Å². The van der Waals surface area contributed by atoms with Crippen LogP contribution in [0.1, 0.15) is 0 Å². The number of pyridine rings is 1. The zero-order valence-corrected chi connectivity index (χ0v) is 14.8. The van der Waals surface area contributed by atoms with Crippen LogP contribution in [-0.4, -0.2) is 24.1 Å². The maximum absolute atomic E-state index is 12.8. The molecule has 2 N–H and O–H groups in total. The minimum absolute atomic E-state index is 0.187. The minimum atomic E-state index is -0.187. The van der Waals surface area contributed by atoms with Gasteiger partial charge in [-0.1, -0.05) is 24.3 Å². The molecule has 6 nitrogen and oxygen atoms in total. The molecule has 0 unspecified atom stereocenters. The average molecular weight is 365 g/mol. The van der Waals surface area contributed by atoms with Gasteiger partial charge in [0.1, 0.15) is 0 Å². The fraction of sp³-hybridized carbons (Fsp3) is 0. The molecule has 0 radical (unpaired) electrons. The van der Waals surface area contributed by atoms with Crippen LogP contribution < -0.4 is 5.69 Å². The number of aromatic nitrogens is 5. The highest BCUT2D eigenvalue weighted by atomic mass is 16.2. The highest BCUT2D eigenvalue weighted by Gasteiger charge is 2.11. The highest BCUT2D eigenvalue weighted by molar-refractivity contribution is 5.86. The minimum Gasteiger partial charge on any atom is -0.366 e. The Bertz CT molecular complexity index is 1510. The molecule has 0 saturated carbocycles. The summed E-state index contributed by atoms with van der Waals surface area (Å²) in [4.78, 5) is 19.3. The van der Waals surface area contributed by atoms with Crippen LogP contribution >= 0.6 is 0 Å². The second-order valence-corrected chi connectivity index (χ2v) is 6.88. The largest absolute Gasteiger partial charge is 0.366 e. The molecule has 4 heterocycles. The van der Waals surface area contributed by atoms with Crippen LogP contribution in [0.5, 0.6) is 0 Å². The average Bonchev–Trinajstić information content (AvgIpc) is 3.43. The van der Waals surface area contributed by atoms with Crippen LogP contribution in [0.3, 0.4) is 0 Å². The highest BCUT2D eigenvalue weighted by Crippen LogP contribution is 2.24. The first-order valence-electron chi connectivity index (χ1n) is 9.03. The Morgan fingerprint density at radius 2 is 1.75 bits per heavy atom. The van der Waals surface area contributed by atoms with E-state index in [2.05, 4.69) is 27.2 Å². The zero-order valence-electron chi connectivity index (χ0n) is 14.8. The molecule has 0 bridgehead atoms. The molecule has 0 atom stereocenters. The summed E-state index contributed by atoms with van der Waals surface area (Å²) in [5.74, 6) is 0. The second-order valence-electron chi connectivity index (χ2n) is 6.88.